The van der Waals surface area contributed by atoms with Crippen LogP contribution in [0.25, 0.3) is 5.69 Å². The van der Waals surface area contributed by atoms with Gasteiger partial charge in [0, 0.05) is 6.20 Å². The molecule has 76 valence electrons. The topological polar surface area (TPSA) is 81.1 Å². The molecule has 0 spiro atoms. The normalized spacial score (nSPS) is 10.1. The van der Waals surface area contributed by atoms with Gasteiger partial charge in [-0.15, -0.1) is 5.10 Å². The van der Waals surface area contributed by atoms with E-state index in [-0.39, 0.29) is 11.4 Å². The van der Waals surface area contributed by atoms with Crippen LogP contribution in [0, 0.1) is 0 Å². The number of para-hydroxylation sites is 1. The largest absolute Gasteiger partial charge is 0.492 e. The third-order valence-electron chi connectivity index (χ3n) is 1.98. The van der Waals surface area contributed by atoms with Crippen molar-refractivity contribution in [2.75, 3.05) is 0 Å². The van der Waals surface area contributed by atoms with Crippen molar-refractivity contribution in [2.24, 2.45) is 5.73 Å². The average Bonchev–Trinajstić information content (AvgIpc) is 2.62. The monoisotopic (exact) mass is 203 g/mol. The first kappa shape index (κ1) is 9.26. The number of amides is 1. The molecule has 0 aliphatic heterocycles. The molecular weight excluding hydrogens is 194 g/mol. The van der Waals surface area contributed by atoms with Crippen molar-refractivity contribution in [1.82, 2.24) is 9.78 Å². The molecule has 0 aliphatic rings. The minimum Gasteiger partial charge on any atom is -0.492 e. The number of benzene rings is 1. The zero-order valence-electron chi connectivity index (χ0n) is 7.79. The second kappa shape index (κ2) is 3.45. The Balaban J connectivity index is 2.48. The number of carbonyl (C=O) groups excluding carboxylic acids is 1. The molecule has 2 aromatic rings. The van der Waals surface area contributed by atoms with Crippen molar-refractivity contribution in [3.05, 3.63) is 42.1 Å². The molecule has 0 fully saturated rings. The van der Waals surface area contributed by atoms with Crippen LogP contribution < -0.4 is 5.73 Å². The molecule has 0 bridgehead atoms. The van der Waals surface area contributed by atoms with Crippen molar-refractivity contribution in [3.63, 3.8) is 0 Å². The zero-order valence-corrected chi connectivity index (χ0v) is 7.79. The Morgan fingerprint density at radius 3 is 2.53 bits per heavy atom. The van der Waals surface area contributed by atoms with Crippen LogP contribution in [-0.4, -0.2) is 20.8 Å². The van der Waals surface area contributed by atoms with Crippen LogP contribution in [0.2, 0.25) is 0 Å². The van der Waals surface area contributed by atoms with E-state index in [1.54, 1.807) is 12.1 Å². The highest BCUT2D eigenvalue weighted by Crippen LogP contribution is 2.16. The van der Waals surface area contributed by atoms with Crippen LogP contribution in [0.1, 0.15) is 10.4 Å². The first-order valence-corrected chi connectivity index (χ1v) is 4.32. The molecule has 1 aromatic carbocycles. The summed E-state index contributed by atoms with van der Waals surface area (Å²) in [5.41, 5.74) is 5.82. The van der Waals surface area contributed by atoms with Crippen molar-refractivity contribution >= 4 is 5.91 Å². The Labute approximate surface area is 85.8 Å². The molecule has 1 aromatic heterocycles. The molecule has 1 heterocycles. The fraction of sp³-hybridized carbons (Fsp3) is 0. The summed E-state index contributed by atoms with van der Waals surface area (Å²) >= 11 is 0. The Hall–Kier alpha value is -2.30. The van der Waals surface area contributed by atoms with Gasteiger partial charge in [0.1, 0.15) is 5.56 Å². The average molecular weight is 203 g/mol. The van der Waals surface area contributed by atoms with Crippen LogP contribution in [0.15, 0.2) is 36.5 Å². The molecule has 0 unspecified atom stereocenters. The Morgan fingerprint density at radius 1 is 1.33 bits per heavy atom. The number of hydrogen-bond donors (Lipinski definition) is 2. The lowest BCUT2D eigenvalue weighted by atomic mass is 10.3. The highest BCUT2D eigenvalue weighted by Gasteiger charge is 2.12. The molecular formula is C10H9N3O2. The molecule has 2 rings (SSSR count). The van der Waals surface area contributed by atoms with Gasteiger partial charge in [0.2, 0.25) is 5.88 Å². The molecule has 0 saturated heterocycles. The van der Waals surface area contributed by atoms with E-state index in [4.69, 9.17) is 5.73 Å². The first-order valence-electron chi connectivity index (χ1n) is 4.32. The number of hydrogen-bond acceptors (Lipinski definition) is 3. The maximum Gasteiger partial charge on any atom is 0.255 e. The number of rotatable bonds is 2. The summed E-state index contributed by atoms with van der Waals surface area (Å²) in [6.07, 6.45) is 1.40. The highest BCUT2D eigenvalue weighted by molar-refractivity contribution is 5.94. The maximum absolute atomic E-state index is 10.9. The van der Waals surface area contributed by atoms with Gasteiger partial charge in [-0.1, -0.05) is 18.2 Å². The van der Waals surface area contributed by atoms with Crippen LogP contribution in [0.3, 0.4) is 0 Å². The summed E-state index contributed by atoms with van der Waals surface area (Å²) in [7, 11) is 0. The molecule has 0 radical (unpaired) electrons. The third kappa shape index (κ3) is 1.67. The summed E-state index contributed by atoms with van der Waals surface area (Å²) in [6, 6.07) is 9.13. The summed E-state index contributed by atoms with van der Waals surface area (Å²) in [5, 5.41) is 13.1. The van der Waals surface area contributed by atoms with Gasteiger partial charge in [0.25, 0.3) is 5.91 Å². The minimum absolute atomic E-state index is 0.0128. The van der Waals surface area contributed by atoms with Crippen LogP contribution in [0.5, 0.6) is 5.88 Å². The lowest BCUT2D eigenvalue weighted by Crippen LogP contribution is -2.09. The Morgan fingerprint density at radius 2 is 2.00 bits per heavy atom. The lowest BCUT2D eigenvalue weighted by molar-refractivity contribution is 0.0998. The van der Waals surface area contributed by atoms with E-state index in [1.807, 2.05) is 18.2 Å². The maximum atomic E-state index is 10.9. The predicted octanol–water partition coefficient (Wildman–Crippen LogP) is 0.677. The molecule has 1 amide bonds. The first-order chi connectivity index (χ1) is 7.18. The highest BCUT2D eigenvalue weighted by atomic mass is 16.3. The van der Waals surface area contributed by atoms with Gasteiger partial charge >= 0.3 is 0 Å². The molecule has 0 atom stereocenters. The number of primary amides is 1. The van der Waals surface area contributed by atoms with Crippen molar-refractivity contribution in [3.8, 4) is 11.6 Å². The number of aromatic nitrogens is 2. The third-order valence-corrected chi connectivity index (χ3v) is 1.98. The van der Waals surface area contributed by atoms with Crippen molar-refractivity contribution in [1.29, 1.82) is 0 Å². The van der Waals surface area contributed by atoms with E-state index in [9.17, 15) is 9.90 Å². The van der Waals surface area contributed by atoms with Gasteiger partial charge in [-0.25, -0.2) is 4.68 Å². The molecule has 0 saturated carbocycles. The van der Waals surface area contributed by atoms with Crippen LogP contribution in [-0.2, 0) is 0 Å². The number of nitrogens with two attached hydrogens (primary N) is 1. The zero-order chi connectivity index (χ0) is 10.8. The van der Waals surface area contributed by atoms with Crippen molar-refractivity contribution < 1.29 is 9.90 Å². The second-order valence-electron chi connectivity index (χ2n) is 3.01. The number of nitrogens with zero attached hydrogens (tertiary/aromatic N) is 2. The summed E-state index contributed by atoms with van der Waals surface area (Å²) in [4.78, 5) is 10.9. The number of aromatic hydroxyl groups is 1. The smallest absolute Gasteiger partial charge is 0.255 e. The lowest BCUT2D eigenvalue weighted by Gasteiger charge is -1.97. The van der Waals surface area contributed by atoms with Gasteiger partial charge in [-0.2, -0.15) is 0 Å². The Kier molecular flexibility index (Phi) is 2.13. The Bertz CT molecular complexity index is 491. The van der Waals surface area contributed by atoms with Gasteiger partial charge < -0.3 is 10.8 Å². The van der Waals surface area contributed by atoms with E-state index in [0.29, 0.717) is 0 Å². The van der Waals surface area contributed by atoms with Gasteiger partial charge in [-0.3, -0.25) is 4.79 Å². The molecule has 15 heavy (non-hydrogen) atoms. The molecule has 5 nitrogen and oxygen atoms in total. The van der Waals surface area contributed by atoms with Crippen LogP contribution in [0.4, 0.5) is 0 Å². The van der Waals surface area contributed by atoms with Gasteiger partial charge in [0.15, 0.2) is 0 Å². The van der Waals surface area contributed by atoms with E-state index < -0.39 is 5.91 Å². The summed E-state index contributed by atoms with van der Waals surface area (Å²) < 4.78 is 1.40. The minimum atomic E-state index is -0.699. The molecule has 3 N–H and O–H groups in total. The fourth-order valence-corrected chi connectivity index (χ4v) is 1.25. The number of carbonyl (C=O) groups is 1. The van der Waals surface area contributed by atoms with Gasteiger partial charge in [-0.05, 0) is 12.1 Å². The van der Waals surface area contributed by atoms with Gasteiger partial charge in [0.05, 0.1) is 5.69 Å². The SMILES string of the molecule is NC(=O)c1cn(-c2ccccc2)nc1O. The summed E-state index contributed by atoms with van der Waals surface area (Å²) in [6.45, 7) is 0. The van der Waals surface area contributed by atoms with Crippen LogP contribution >= 0.6 is 0 Å². The van der Waals surface area contributed by atoms with E-state index in [0.717, 1.165) is 5.69 Å². The second-order valence-corrected chi connectivity index (χ2v) is 3.01. The fourth-order valence-electron chi connectivity index (χ4n) is 1.25. The standard InChI is InChI=1S/C10H9N3O2/c11-9(14)8-6-13(12-10(8)15)7-4-2-1-3-5-7/h1-6H,(H2,11,14)(H,12,15). The van der Waals surface area contributed by atoms with Crippen molar-refractivity contribution in [2.45, 2.75) is 0 Å². The predicted molar refractivity (Wildman–Crippen MR) is 53.7 cm³/mol. The quantitative estimate of drug-likeness (QED) is 0.752. The van der Waals surface area contributed by atoms with E-state index in [2.05, 4.69) is 5.10 Å². The summed E-state index contributed by atoms with van der Waals surface area (Å²) in [5.74, 6) is -1.05. The molecule has 5 heteroatoms. The van der Waals surface area contributed by atoms with E-state index in [1.165, 1.54) is 10.9 Å². The van der Waals surface area contributed by atoms with E-state index >= 15 is 0 Å². The molecule has 0 aliphatic carbocycles.